The van der Waals surface area contributed by atoms with Crippen molar-refractivity contribution in [2.75, 3.05) is 17.2 Å². The molecule has 0 aromatic heterocycles. The molecule has 3 aromatic rings. The molecule has 2 N–H and O–H groups in total. The van der Waals surface area contributed by atoms with Crippen LogP contribution in [0, 0.1) is 13.8 Å². The van der Waals surface area contributed by atoms with E-state index in [1.807, 2.05) is 32.0 Å². The van der Waals surface area contributed by atoms with Crippen LogP contribution in [0.3, 0.4) is 0 Å². The lowest BCUT2D eigenvalue weighted by molar-refractivity contribution is -0.254. The number of anilines is 2. The van der Waals surface area contributed by atoms with Crippen molar-refractivity contribution in [1.82, 2.24) is 0 Å². The van der Waals surface area contributed by atoms with Crippen LogP contribution in [-0.4, -0.2) is 24.4 Å². The second-order valence-corrected chi connectivity index (χ2v) is 6.95. The van der Waals surface area contributed by atoms with E-state index in [-0.39, 0.29) is 23.8 Å². The van der Waals surface area contributed by atoms with Gasteiger partial charge in [-0.3, -0.25) is 9.59 Å². The maximum Gasteiger partial charge on any atom is 0.262 e. The number of carbonyl (C=O) groups is 3. The summed E-state index contributed by atoms with van der Waals surface area (Å²) in [4.78, 5) is 35.7. The molecule has 158 valence electrons. The van der Waals surface area contributed by atoms with Gasteiger partial charge in [-0.25, -0.2) is 0 Å². The zero-order valence-electron chi connectivity index (χ0n) is 17.1. The first-order valence-electron chi connectivity index (χ1n) is 9.55. The Morgan fingerprint density at radius 3 is 2.26 bits per heavy atom. The molecule has 0 aliphatic carbocycles. The average molecular weight is 417 g/mol. The molecule has 0 saturated carbocycles. The van der Waals surface area contributed by atoms with Crippen LogP contribution < -0.4 is 20.5 Å². The van der Waals surface area contributed by atoms with Crippen molar-refractivity contribution in [2.24, 2.45) is 0 Å². The average Bonchev–Trinajstić information content (AvgIpc) is 2.75. The number of carboxylic acid groups (broad SMARTS) is 1. The topological polar surface area (TPSA) is 108 Å². The number of ether oxygens (including phenoxy) is 1. The van der Waals surface area contributed by atoms with Gasteiger partial charge in [0, 0.05) is 16.8 Å². The highest BCUT2D eigenvalue weighted by Crippen LogP contribution is 2.18. The van der Waals surface area contributed by atoms with Gasteiger partial charge in [0.05, 0.1) is 11.7 Å². The predicted molar refractivity (Wildman–Crippen MR) is 115 cm³/mol. The van der Waals surface area contributed by atoms with Crippen LogP contribution in [0.2, 0.25) is 0 Å². The molecule has 31 heavy (non-hydrogen) atoms. The highest BCUT2D eigenvalue weighted by molar-refractivity contribution is 6.07. The third-order valence-electron chi connectivity index (χ3n) is 4.67. The summed E-state index contributed by atoms with van der Waals surface area (Å²) in [6.45, 7) is 3.82. The van der Waals surface area contributed by atoms with Crippen LogP contribution in [0.5, 0.6) is 5.75 Å². The standard InChI is InChI=1S/C24H22N2O5/c1-15-7-12-19(13-16(15)2)31-14-22(27)25-18-10-8-17(9-11-18)23(28)26-21-6-4-3-5-20(21)24(29)30/h3-13H,14H2,1-2H3,(H,25,27)(H,26,28)(H,29,30)/p-1. The fourth-order valence-electron chi connectivity index (χ4n) is 2.82. The lowest BCUT2D eigenvalue weighted by atomic mass is 10.1. The first-order chi connectivity index (χ1) is 14.8. The largest absolute Gasteiger partial charge is 0.545 e. The van der Waals surface area contributed by atoms with Gasteiger partial charge in [0.15, 0.2) is 6.61 Å². The van der Waals surface area contributed by atoms with Crippen LogP contribution >= 0.6 is 0 Å². The molecule has 0 aliphatic rings. The molecule has 0 heterocycles. The van der Waals surface area contributed by atoms with Gasteiger partial charge >= 0.3 is 0 Å². The third kappa shape index (κ3) is 5.70. The summed E-state index contributed by atoms with van der Waals surface area (Å²) in [5.74, 6) is -1.58. The number of carboxylic acids is 1. The van der Waals surface area contributed by atoms with E-state index in [0.717, 1.165) is 11.1 Å². The van der Waals surface area contributed by atoms with Gasteiger partial charge in [-0.2, -0.15) is 0 Å². The van der Waals surface area contributed by atoms with Gasteiger partial charge in [0.25, 0.3) is 11.8 Å². The van der Waals surface area contributed by atoms with Crippen LogP contribution in [-0.2, 0) is 4.79 Å². The van der Waals surface area contributed by atoms with Crippen molar-refractivity contribution < 1.29 is 24.2 Å². The summed E-state index contributed by atoms with van der Waals surface area (Å²) in [7, 11) is 0. The first kappa shape index (κ1) is 21.6. The number of hydrogen-bond acceptors (Lipinski definition) is 5. The molecule has 3 aromatic carbocycles. The van der Waals surface area contributed by atoms with E-state index in [1.54, 1.807) is 24.3 Å². The minimum absolute atomic E-state index is 0.108. The maximum absolute atomic E-state index is 12.4. The fourth-order valence-corrected chi connectivity index (χ4v) is 2.82. The van der Waals surface area contributed by atoms with E-state index in [0.29, 0.717) is 17.0 Å². The summed E-state index contributed by atoms with van der Waals surface area (Å²) >= 11 is 0. The minimum Gasteiger partial charge on any atom is -0.545 e. The highest BCUT2D eigenvalue weighted by atomic mass is 16.5. The van der Waals surface area contributed by atoms with Crippen molar-refractivity contribution >= 4 is 29.2 Å². The number of hydrogen-bond donors (Lipinski definition) is 2. The summed E-state index contributed by atoms with van der Waals surface area (Å²) in [5, 5.41) is 16.4. The monoisotopic (exact) mass is 417 g/mol. The van der Waals surface area contributed by atoms with E-state index in [9.17, 15) is 19.5 Å². The van der Waals surface area contributed by atoms with Crippen LogP contribution in [0.25, 0.3) is 0 Å². The summed E-state index contributed by atoms with van der Waals surface area (Å²) in [6, 6.07) is 17.8. The Kier molecular flexibility index (Phi) is 6.67. The molecule has 7 nitrogen and oxygen atoms in total. The minimum atomic E-state index is -1.38. The number of rotatable bonds is 7. The number of benzene rings is 3. The van der Waals surface area contributed by atoms with Crippen molar-refractivity contribution in [3.8, 4) is 5.75 Å². The second-order valence-electron chi connectivity index (χ2n) is 6.95. The molecule has 0 bridgehead atoms. The maximum atomic E-state index is 12.4. The Morgan fingerprint density at radius 2 is 1.58 bits per heavy atom. The Morgan fingerprint density at radius 1 is 0.871 bits per heavy atom. The lowest BCUT2D eigenvalue weighted by Crippen LogP contribution is -2.24. The number of aryl methyl sites for hydroxylation is 2. The lowest BCUT2D eigenvalue weighted by Gasteiger charge is -2.12. The number of amides is 2. The summed E-state index contributed by atoms with van der Waals surface area (Å²) < 4.78 is 5.51. The molecule has 0 aliphatic heterocycles. The molecule has 2 amide bonds. The molecule has 3 rings (SSSR count). The normalized spacial score (nSPS) is 10.3. The number of carbonyl (C=O) groups excluding carboxylic acids is 3. The van der Waals surface area contributed by atoms with Crippen molar-refractivity contribution in [2.45, 2.75) is 13.8 Å². The van der Waals surface area contributed by atoms with Crippen LogP contribution in [0.15, 0.2) is 66.7 Å². The molecule has 0 unspecified atom stereocenters. The third-order valence-corrected chi connectivity index (χ3v) is 4.67. The molecule has 0 fully saturated rings. The zero-order valence-corrected chi connectivity index (χ0v) is 17.1. The van der Waals surface area contributed by atoms with Gasteiger partial charge in [-0.1, -0.05) is 24.3 Å². The van der Waals surface area contributed by atoms with Gasteiger partial charge in [0.1, 0.15) is 5.75 Å². The smallest absolute Gasteiger partial charge is 0.262 e. The Hall–Kier alpha value is -4.13. The predicted octanol–water partition coefficient (Wildman–Crippen LogP) is 2.94. The highest BCUT2D eigenvalue weighted by Gasteiger charge is 2.10. The van der Waals surface area contributed by atoms with Gasteiger partial charge in [0.2, 0.25) is 0 Å². The number of aromatic carboxylic acids is 1. The summed E-state index contributed by atoms with van der Waals surface area (Å²) in [6.07, 6.45) is 0. The molecular formula is C24H21N2O5-. The SMILES string of the molecule is Cc1ccc(OCC(=O)Nc2ccc(C(=O)Nc3ccccc3C(=O)[O-])cc2)cc1C. The van der Waals surface area contributed by atoms with Crippen LogP contribution in [0.1, 0.15) is 31.8 Å². The molecular weight excluding hydrogens is 396 g/mol. The van der Waals surface area contributed by atoms with E-state index < -0.39 is 11.9 Å². The number of nitrogens with one attached hydrogen (secondary N) is 2. The van der Waals surface area contributed by atoms with Crippen molar-refractivity contribution in [1.29, 1.82) is 0 Å². The Bertz CT molecular complexity index is 1120. The molecule has 7 heteroatoms. The van der Waals surface area contributed by atoms with E-state index >= 15 is 0 Å². The second kappa shape index (κ2) is 9.58. The fraction of sp³-hybridized carbons (Fsp3) is 0.125. The zero-order chi connectivity index (χ0) is 22.4. The number of para-hydroxylation sites is 1. The Balaban J connectivity index is 1.57. The van der Waals surface area contributed by atoms with Gasteiger partial charge in [-0.05, 0) is 67.4 Å². The van der Waals surface area contributed by atoms with Gasteiger partial charge < -0.3 is 25.3 Å². The van der Waals surface area contributed by atoms with Crippen LogP contribution in [0.4, 0.5) is 11.4 Å². The van der Waals surface area contributed by atoms with E-state index in [4.69, 9.17) is 4.74 Å². The van der Waals surface area contributed by atoms with Crippen molar-refractivity contribution in [3.05, 3.63) is 89.0 Å². The quantitative estimate of drug-likeness (QED) is 0.615. The molecule has 0 saturated heterocycles. The van der Waals surface area contributed by atoms with Crippen molar-refractivity contribution in [3.63, 3.8) is 0 Å². The molecule has 0 spiro atoms. The first-order valence-corrected chi connectivity index (χ1v) is 9.55. The van der Waals surface area contributed by atoms with Gasteiger partial charge in [-0.15, -0.1) is 0 Å². The Labute approximate surface area is 179 Å². The van der Waals surface area contributed by atoms with E-state index in [2.05, 4.69) is 10.6 Å². The van der Waals surface area contributed by atoms with E-state index in [1.165, 1.54) is 24.3 Å². The summed E-state index contributed by atoms with van der Waals surface area (Å²) in [5.41, 5.74) is 3.06. The molecule has 0 radical (unpaired) electrons. The molecule has 0 atom stereocenters.